The molecule has 0 fully saturated rings. The number of hydrogen-bond acceptors (Lipinski definition) is 2. The molecule has 0 unspecified atom stereocenters. The zero-order chi connectivity index (χ0) is 20.1. The van der Waals surface area contributed by atoms with Crippen molar-refractivity contribution < 1.29 is 53.1 Å². The molecule has 0 rings (SSSR count). The van der Waals surface area contributed by atoms with Gasteiger partial charge in [-0.1, -0.05) is 65.2 Å². The molecular weight excluding hydrogens is 484 g/mol. The van der Waals surface area contributed by atoms with Gasteiger partial charge in [0.25, 0.3) is 0 Å². The van der Waals surface area contributed by atoms with Crippen LogP contribution in [0.25, 0.3) is 0 Å². The summed E-state index contributed by atoms with van der Waals surface area (Å²) in [7, 11) is 8.16. The van der Waals surface area contributed by atoms with E-state index in [1.54, 1.807) is 0 Å². The van der Waals surface area contributed by atoms with E-state index in [-0.39, 0.29) is 38.4 Å². The van der Waals surface area contributed by atoms with Gasteiger partial charge in [0.1, 0.15) is 0 Å². The Balaban J connectivity index is -0.00000312. The second-order valence-electron chi connectivity index (χ2n) is 9.54. The highest BCUT2D eigenvalue weighted by molar-refractivity contribution is 4.54. The lowest BCUT2D eigenvalue weighted by atomic mass is 10.1. The number of aliphatic hydroxyl groups is 2. The van der Waals surface area contributed by atoms with Crippen LogP contribution in [0.1, 0.15) is 90.9 Å². The maximum Gasteiger partial charge on any atom is 0.365 e. The molecule has 0 bridgehead atoms. The Hall–Kier alpha value is 0.800. The predicted molar refractivity (Wildman–Crippen MR) is 113 cm³/mol. The van der Waals surface area contributed by atoms with Gasteiger partial charge in [0, 0.05) is 0 Å². The molecule has 0 aromatic rings. The van der Waals surface area contributed by atoms with E-state index in [0.29, 0.717) is 11.0 Å². The van der Waals surface area contributed by atoms with Gasteiger partial charge in [-0.15, -0.1) is 0 Å². The van der Waals surface area contributed by atoms with Crippen molar-refractivity contribution in [3.05, 3.63) is 0 Å². The Morgan fingerprint density at radius 1 is 0.571 bits per heavy atom. The van der Waals surface area contributed by atoms with E-state index in [9.17, 15) is 10.2 Å². The predicted octanol–water partition coefficient (Wildman–Crippen LogP) is -1.49. The Morgan fingerprint density at radius 2 is 0.929 bits per heavy atom. The SMILES string of the molecule is CCCCCCCC[N+](C)(C)CC(O)(O)[N+](C)(C)CCCCCCCC.[Br-].[Br-]. The van der Waals surface area contributed by atoms with E-state index >= 15 is 0 Å². The summed E-state index contributed by atoms with van der Waals surface area (Å²) in [6.07, 6.45) is 15.1. The highest BCUT2D eigenvalue weighted by atomic mass is 79.9. The van der Waals surface area contributed by atoms with Crippen molar-refractivity contribution >= 4 is 0 Å². The average Bonchev–Trinajstić information content (AvgIpc) is 2.53. The second-order valence-corrected chi connectivity index (χ2v) is 9.54. The third-order valence-corrected chi connectivity index (χ3v) is 5.80. The molecule has 28 heavy (non-hydrogen) atoms. The number of rotatable bonds is 17. The van der Waals surface area contributed by atoms with Crippen molar-refractivity contribution in [3.63, 3.8) is 0 Å². The summed E-state index contributed by atoms with van der Waals surface area (Å²) in [4.78, 5) is 0. The van der Waals surface area contributed by atoms with Crippen molar-refractivity contribution in [2.75, 3.05) is 47.8 Å². The Morgan fingerprint density at radius 3 is 1.36 bits per heavy atom. The Labute approximate surface area is 197 Å². The van der Waals surface area contributed by atoms with E-state index in [1.807, 2.05) is 14.1 Å². The first-order chi connectivity index (χ1) is 12.1. The van der Waals surface area contributed by atoms with Crippen LogP contribution in [-0.4, -0.2) is 72.9 Å². The minimum Gasteiger partial charge on any atom is -1.00 e. The molecular formula is C22H50Br2N2O2. The molecule has 0 amide bonds. The van der Waals surface area contributed by atoms with E-state index in [2.05, 4.69) is 27.9 Å². The summed E-state index contributed by atoms with van der Waals surface area (Å²) >= 11 is 0. The number of nitrogens with zero attached hydrogens (tertiary/aromatic N) is 2. The van der Waals surface area contributed by atoms with Crippen molar-refractivity contribution in [1.82, 2.24) is 0 Å². The van der Waals surface area contributed by atoms with Crippen LogP contribution in [-0.2, 0) is 0 Å². The van der Waals surface area contributed by atoms with Crippen LogP contribution in [0.4, 0.5) is 0 Å². The summed E-state index contributed by atoms with van der Waals surface area (Å²) in [5.74, 6) is -1.67. The van der Waals surface area contributed by atoms with Crippen molar-refractivity contribution in [1.29, 1.82) is 0 Å². The molecule has 174 valence electrons. The second kappa shape index (κ2) is 17.5. The van der Waals surface area contributed by atoms with Crippen molar-refractivity contribution in [2.45, 2.75) is 96.8 Å². The van der Waals surface area contributed by atoms with Gasteiger partial charge < -0.3 is 48.7 Å². The van der Waals surface area contributed by atoms with Gasteiger partial charge in [-0.3, -0.25) is 4.48 Å². The zero-order valence-corrected chi connectivity index (χ0v) is 22.8. The highest BCUT2D eigenvalue weighted by Gasteiger charge is 2.47. The molecule has 0 saturated carbocycles. The topological polar surface area (TPSA) is 40.5 Å². The molecule has 0 aliphatic heterocycles. The fourth-order valence-electron chi connectivity index (χ4n) is 3.63. The smallest absolute Gasteiger partial charge is 0.365 e. The molecule has 0 radical (unpaired) electrons. The average molecular weight is 534 g/mol. The lowest BCUT2D eigenvalue weighted by molar-refractivity contribution is -1.03. The number of likely N-dealkylation sites (N-methyl/N-ethyl adjacent to an activating group) is 2. The molecule has 0 spiro atoms. The largest absolute Gasteiger partial charge is 1.00 e. The molecule has 2 N–H and O–H groups in total. The molecule has 0 aromatic carbocycles. The fraction of sp³-hybridized carbons (Fsp3) is 1.00. The van der Waals surface area contributed by atoms with Crippen LogP contribution in [0.2, 0.25) is 0 Å². The zero-order valence-electron chi connectivity index (χ0n) is 19.7. The van der Waals surface area contributed by atoms with E-state index in [1.165, 1.54) is 64.2 Å². The van der Waals surface area contributed by atoms with Gasteiger partial charge in [0.2, 0.25) is 0 Å². The number of hydrogen-bond donors (Lipinski definition) is 2. The van der Waals surface area contributed by atoms with Gasteiger partial charge in [0.15, 0.2) is 6.54 Å². The third kappa shape index (κ3) is 15.6. The first kappa shape index (κ1) is 33.4. The maximum atomic E-state index is 10.8. The Kier molecular flexibility index (Phi) is 20.9. The third-order valence-electron chi connectivity index (χ3n) is 5.80. The minimum atomic E-state index is -1.67. The van der Waals surface area contributed by atoms with Crippen molar-refractivity contribution in [3.8, 4) is 0 Å². The van der Waals surface area contributed by atoms with Crippen LogP contribution in [0.3, 0.4) is 0 Å². The van der Waals surface area contributed by atoms with Gasteiger partial charge in [-0.25, -0.2) is 0 Å². The first-order valence-electron chi connectivity index (χ1n) is 11.2. The summed E-state index contributed by atoms with van der Waals surface area (Å²) in [5, 5.41) is 21.6. The number of halogens is 2. The fourth-order valence-corrected chi connectivity index (χ4v) is 3.63. The molecule has 0 aliphatic carbocycles. The standard InChI is InChI=1S/C22H50N2O2.2BrH/c1-7-9-11-13-15-17-19-23(3,4)21-22(25,26)24(5,6)20-18-16-14-12-10-8-2;;/h25-26H,7-21H2,1-6H3;2*1H/q+2;;/p-2. The maximum absolute atomic E-state index is 10.8. The first-order valence-corrected chi connectivity index (χ1v) is 11.2. The lowest BCUT2D eigenvalue weighted by Gasteiger charge is -2.44. The summed E-state index contributed by atoms with van der Waals surface area (Å²) in [6.45, 7) is 6.68. The summed E-state index contributed by atoms with van der Waals surface area (Å²) < 4.78 is 0.928. The quantitative estimate of drug-likeness (QED) is 0.136. The highest BCUT2D eigenvalue weighted by Crippen LogP contribution is 2.21. The molecule has 6 heteroatoms. The summed E-state index contributed by atoms with van der Waals surface area (Å²) in [5.41, 5.74) is 0. The molecule has 4 nitrogen and oxygen atoms in total. The van der Waals surface area contributed by atoms with Gasteiger partial charge >= 0.3 is 5.91 Å². The van der Waals surface area contributed by atoms with Crippen LogP contribution in [0, 0.1) is 0 Å². The van der Waals surface area contributed by atoms with E-state index in [4.69, 9.17) is 0 Å². The van der Waals surface area contributed by atoms with Crippen LogP contribution in [0.5, 0.6) is 0 Å². The van der Waals surface area contributed by atoms with Crippen LogP contribution >= 0.6 is 0 Å². The van der Waals surface area contributed by atoms with E-state index < -0.39 is 5.91 Å². The Bertz CT molecular complexity index is 351. The number of quaternary nitrogens is 2. The number of unbranched alkanes of at least 4 members (excludes halogenated alkanes) is 10. The van der Waals surface area contributed by atoms with Gasteiger partial charge in [-0.05, 0) is 25.7 Å². The van der Waals surface area contributed by atoms with Gasteiger partial charge in [-0.2, -0.15) is 0 Å². The summed E-state index contributed by atoms with van der Waals surface area (Å²) in [6, 6.07) is 0. The van der Waals surface area contributed by atoms with Crippen LogP contribution < -0.4 is 34.0 Å². The molecule has 0 aromatic heterocycles. The molecule has 0 saturated heterocycles. The molecule has 0 aliphatic rings. The molecule has 0 heterocycles. The minimum absolute atomic E-state index is 0. The van der Waals surface area contributed by atoms with E-state index in [0.717, 1.165) is 25.9 Å². The molecule has 0 atom stereocenters. The monoisotopic (exact) mass is 532 g/mol. The normalized spacial score (nSPS) is 12.4. The van der Waals surface area contributed by atoms with Gasteiger partial charge in [0.05, 0.1) is 41.3 Å². The van der Waals surface area contributed by atoms with Crippen molar-refractivity contribution in [2.24, 2.45) is 0 Å². The lowest BCUT2D eigenvalue weighted by Crippen LogP contribution is -3.00. The van der Waals surface area contributed by atoms with Crippen LogP contribution in [0.15, 0.2) is 0 Å².